The van der Waals surface area contributed by atoms with Gasteiger partial charge in [0.2, 0.25) is 0 Å². The van der Waals surface area contributed by atoms with Gasteiger partial charge in [-0.05, 0) is 42.0 Å². The maximum Gasteiger partial charge on any atom is 0.266 e. The zero-order chi connectivity index (χ0) is 22.2. The van der Waals surface area contributed by atoms with E-state index in [-0.39, 0.29) is 12.2 Å². The summed E-state index contributed by atoms with van der Waals surface area (Å²) in [5, 5.41) is 12.8. The molecule has 0 aliphatic rings. The van der Waals surface area contributed by atoms with E-state index >= 15 is 0 Å². The average molecular weight is 498 g/mol. The van der Waals surface area contributed by atoms with E-state index in [0.29, 0.717) is 32.2 Å². The number of carbonyl (C=O) groups is 1. The number of nitrogens with one attached hydrogen (secondary N) is 1. The highest BCUT2D eigenvalue weighted by molar-refractivity contribution is 9.10. The van der Waals surface area contributed by atoms with Gasteiger partial charge in [-0.1, -0.05) is 63.9 Å². The number of anilines is 1. The highest BCUT2D eigenvalue weighted by atomic mass is 79.9. The lowest BCUT2D eigenvalue weighted by Crippen LogP contribution is -2.13. The highest BCUT2D eigenvalue weighted by Crippen LogP contribution is 2.35. The van der Waals surface area contributed by atoms with Crippen LogP contribution < -0.4 is 14.8 Å². The first kappa shape index (κ1) is 22.4. The molecular weight excluding hydrogens is 480 g/mol. The molecule has 0 fully saturated rings. The maximum absolute atomic E-state index is 12.5. The van der Waals surface area contributed by atoms with E-state index in [1.807, 2.05) is 30.3 Å². The molecule has 0 unspecified atom stereocenters. The Morgan fingerprint density at radius 2 is 1.84 bits per heavy atom. The van der Waals surface area contributed by atoms with Crippen molar-refractivity contribution in [3.05, 3.63) is 92.9 Å². The Hall–Kier alpha value is -3.27. The molecule has 7 heteroatoms. The molecule has 156 valence electrons. The lowest BCUT2D eigenvalue weighted by Gasteiger charge is -2.13. The van der Waals surface area contributed by atoms with Crippen molar-refractivity contribution in [2.24, 2.45) is 0 Å². The number of carbonyl (C=O) groups excluding carboxylic acids is 1. The van der Waals surface area contributed by atoms with Gasteiger partial charge >= 0.3 is 0 Å². The number of hydrogen-bond acceptors (Lipinski definition) is 4. The quantitative estimate of drug-likeness (QED) is 0.310. The highest BCUT2D eigenvalue weighted by Gasteiger charge is 2.14. The van der Waals surface area contributed by atoms with E-state index < -0.39 is 5.91 Å². The molecule has 1 N–H and O–H groups in total. The predicted molar refractivity (Wildman–Crippen MR) is 125 cm³/mol. The molecule has 0 aliphatic heterocycles. The SMILES string of the molecule is COc1cc(/C=C(\C#N)C(=O)Nc2ccccc2)c(Br)cc1OCc1ccccc1Cl. The van der Waals surface area contributed by atoms with Gasteiger partial charge in [0.1, 0.15) is 18.2 Å². The minimum atomic E-state index is -0.501. The molecule has 0 saturated carbocycles. The summed E-state index contributed by atoms with van der Waals surface area (Å²) in [5.41, 5.74) is 2.00. The van der Waals surface area contributed by atoms with E-state index in [0.717, 1.165) is 5.56 Å². The smallest absolute Gasteiger partial charge is 0.266 e. The molecule has 1 amide bonds. The van der Waals surface area contributed by atoms with Crippen molar-refractivity contribution < 1.29 is 14.3 Å². The second kappa shape index (κ2) is 10.7. The van der Waals surface area contributed by atoms with Crippen LogP contribution in [0.25, 0.3) is 6.08 Å². The van der Waals surface area contributed by atoms with Crippen molar-refractivity contribution in [3.63, 3.8) is 0 Å². The number of amides is 1. The van der Waals surface area contributed by atoms with Gasteiger partial charge in [-0.25, -0.2) is 0 Å². The Labute approximate surface area is 194 Å². The Balaban J connectivity index is 1.83. The predicted octanol–water partition coefficient (Wildman–Crippen LogP) is 6.24. The molecule has 3 aromatic rings. The fourth-order valence-corrected chi connectivity index (χ4v) is 3.36. The number of ether oxygens (including phenoxy) is 2. The second-order valence-electron chi connectivity index (χ2n) is 6.39. The number of halogens is 2. The Morgan fingerprint density at radius 3 is 2.52 bits per heavy atom. The Bertz CT molecular complexity index is 1160. The molecule has 0 spiro atoms. The maximum atomic E-state index is 12.5. The summed E-state index contributed by atoms with van der Waals surface area (Å²) >= 11 is 9.66. The van der Waals surface area contributed by atoms with Gasteiger partial charge in [-0.2, -0.15) is 5.26 Å². The van der Waals surface area contributed by atoms with E-state index in [9.17, 15) is 10.1 Å². The lowest BCUT2D eigenvalue weighted by molar-refractivity contribution is -0.112. The molecule has 0 aliphatic carbocycles. The molecule has 0 heterocycles. The zero-order valence-corrected chi connectivity index (χ0v) is 18.9. The van der Waals surface area contributed by atoms with Crippen LogP contribution >= 0.6 is 27.5 Å². The normalized spacial score (nSPS) is 10.8. The Kier molecular flexibility index (Phi) is 7.71. The van der Waals surface area contributed by atoms with Gasteiger partial charge in [0, 0.05) is 20.7 Å². The molecule has 31 heavy (non-hydrogen) atoms. The van der Waals surface area contributed by atoms with E-state index in [1.54, 1.807) is 42.5 Å². The summed E-state index contributed by atoms with van der Waals surface area (Å²) in [6, 6.07) is 21.7. The summed E-state index contributed by atoms with van der Waals surface area (Å²) in [6.07, 6.45) is 1.49. The monoisotopic (exact) mass is 496 g/mol. The van der Waals surface area contributed by atoms with Crippen LogP contribution in [-0.4, -0.2) is 13.0 Å². The van der Waals surface area contributed by atoms with Crippen molar-refractivity contribution in [3.8, 4) is 17.6 Å². The van der Waals surface area contributed by atoms with Crippen molar-refractivity contribution in [1.29, 1.82) is 5.26 Å². The molecule has 0 atom stereocenters. The minimum Gasteiger partial charge on any atom is -0.493 e. The lowest BCUT2D eigenvalue weighted by atomic mass is 10.1. The van der Waals surface area contributed by atoms with Crippen LogP contribution in [0.4, 0.5) is 5.69 Å². The van der Waals surface area contributed by atoms with Gasteiger partial charge in [-0.3, -0.25) is 4.79 Å². The standard InChI is InChI=1S/C24H18BrClN2O3/c1-30-22-12-17(11-18(14-27)24(29)28-19-8-3-2-4-9-19)20(25)13-23(22)31-15-16-7-5-6-10-21(16)26/h2-13H,15H2,1H3,(H,28,29)/b18-11+. The molecule has 5 nitrogen and oxygen atoms in total. The first-order chi connectivity index (χ1) is 15.0. The van der Waals surface area contributed by atoms with Crippen LogP contribution in [0.5, 0.6) is 11.5 Å². The van der Waals surface area contributed by atoms with Crippen LogP contribution in [0.1, 0.15) is 11.1 Å². The third kappa shape index (κ3) is 5.88. The molecule has 0 radical (unpaired) electrons. The van der Waals surface area contributed by atoms with Crippen molar-refractivity contribution in [2.45, 2.75) is 6.61 Å². The van der Waals surface area contributed by atoms with Crippen molar-refractivity contribution in [1.82, 2.24) is 0 Å². The number of hydrogen-bond donors (Lipinski definition) is 1. The van der Waals surface area contributed by atoms with Gasteiger partial charge in [0.25, 0.3) is 5.91 Å². The van der Waals surface area contributed by atoms with Gasteiger partial charge < -0.3 is 14.8 Å². The summed E-state index contributed by atoms with van der Waals surface area (Å²) in [7, 11) is 1.52. The van der Waals surface area contributed by atoms with Crippen LogP contribution in [0.2, 0.25) is 5.02 Å². The number of benzene rings is 3. The number of para-hydroxylation sites is 1. The van der Waals surface area contributed by atoms with E-state index in [2.05, 4.69) is 21.2 Å². The molecule has 0 bridgehead atoms. The molecule has 0 aromatic heterocycles. The van der Waals surface area contributed by atoms with Gasteiger partial charge in [0.15, 0.2) is 11.5 Å². The Morgan fingerprint density at radius 1 is 1.13 bits per heavy atom. The first-order valence-corrected chi connectivity index (χ1v) is 10.4. The topological polar surface area (TPSA) is 71.3 Å². The van der Waals surface area contributed by atoms with Crippen molar-refractivity contribution >= 4 is 45.2 Å². The van der Waals surface area contributed by atoms with Gasteiger partial charge in [0.05, 0.1) is 7.11 Å². The fraction of sp³-hybridized carbons (Fsp3) is 0.0833. The van der Waals surface area contributed by atoms with Crippen LogP contribution in [0.15, 0.2) is 76.8 Å². The summed E-state index contributed by atoms with van der Waals surface area (Å²) in [4.78, 5) is 12.5. The first-order valence-electron chi connectivity index (χ1n) is 9.23. The van der Waals surface area contributed by atoms with Crippen molar-refractivity contribution in [2.75, 3.05) is 12.4 Å². The third-order valence-corrected chi connectivity index (χ3v) is 5.38. The summed E-state index contributed by atoms with van der Waals surface area (Å²) < 4.78 is 12.0. The molecule has 3 aromatic carbocycles. The fourth-order valence-electron chi connectivity index (χ4n) is 2.73. The molecular formula is C24H18BrClN2O3. The second-order valence-corrected chi connectivity index (χ2v) is 7.66. The molecule has 0 saturated heterocycles. The summed E-state index contributed by atoms with van der Waals surface area (Å²) in [5.74, 6) is 0.458. The number of nitrogens with zero attached hydrogens (tertiary/aromatic N) is 1. The molecule has 3 rings (SSSR count). The number of nitriles is 1. The van der Waals surface area contributed by atoms with Crippen LogP contribution in [0.3, 0.4) is 0 Å². The number of rotatable bonds is 7. The largest absolute Gasteiger partial charge is 0.493 e. The van der Waals surface area contributed by atoms with Crippen LogP contribution in [-0.2, 0) is 11.4 Å². The summed E-state index contributed by atoms with van der Waals surface area (Å²) in [6.45, 7) is 0.264. The van der Waals surface area contributed by atoms with Gasteiger partial charge in [-0.15, -0.1) is 0 Å². The zero-order valence-electron chi connectivity index (χ0n) is 16.6. The third-order valence-electron chi connectivity index (χ3n) is 4.32. The van der Waals surface area contributed by atoms with E-state index in [4.69, 9.17) is 21.1 Å². The van der Waals surface area contributed by atoms with E-state index in [1.165, 1.54) is 13.2 Å². The van der Waals surface area contributed by atoms with Crippen LogP contribution in [0, 0.1) is 11.3 Å². The average Bonchev–Trinajstić information content (AvgIpc) is 2.78. The number of methoxy groups -OCH3 is 1. The minimum absolute atomic E-state index is 0.0451.